The van der Waals surface area contributed by atoms with Crippen LogP contribution in [0, 0.1) is 11.3 Å². The van der Waals surface area contributed by atoms with Crippen molar-refractivity contribution in [3.8, 4) is 6.07 Å². The van der Waals surface area contributed by atoms with Crippen molar-refractivity contribution in [2.75, 3.05) is 31.2 Å². The van der Waals surface area contributed by atoms with Crippen LogP contribution in [0.5, 0.6) is 0 Å². The minimum absolute atomic E-state index is 0.529. The van der Waals surface area contributed by atoms with Gasteiger partial charge < -0.3 is 14.7 Å². The topological polar surface area (TPSA) is 73.6 Å². The van der Waals surface area contributed by atoms with Crippen molar-refractivity contribution < 1.29 is 14.6 Å². The lowest BCUT2D eigenvalue weighted by Crippen LogP contribution is -2.27. The van der Waals surface area contributed by atoms with Crippen molar-refractivity contribution in [1.29, 1.82) is 5.26 Å². The first-order valence-corrected chi connectivity index (χ1v) is 6.90. The average Bonchev–Trinajstić information content (AvgIpc) is 2.49. The van der Waals surface area contributed by atoms with Crippen LogP contribution in [0.15, 0.2) is 24.3 Å². The van der Waals surface area contributed by atoms with Crippen molar-refractivity contribution in [2.45, 2.75) is 13.8 Å². The van der Waals surface area contributed by atoms with Gasteiger partial charge in [-0.25, -0.2) is 4.79 Å². The molecular formula is C16H20N2O3. The van der Waals surface area contributed by atoms with Gasteiger partial charge in [-0.2, -0.15) is 5.26 Å². The zero-order chi connectivity index (χ0) is 15.7. The Bertz CT molecular complexity index is 547. The molecular weight excluding hydrogens is 268 g/mol. The maximum Gasteiger partial charge on any atom is 0.328 e. The number of carboxylic acids is 1. The fourth-order valence-electron chi connectivity index (χ4n) is 1.96. The number of benzene rings is 1. The van der Waals surface area contributed by atoms with Gasteiger partial charge in [0.1, 0.15) is 6.07 Å². The quantitative estimate of drug-likeness (QED) is 0.587. The SMILES string of the molecule is CCOCCN(CC)c1ccc(/C=C/C(=O)O)cc1C#N. The van der Waals surface area contributed by atoms with Crippen LogP contribution in [0.4, 0.5) is 5.69 Å². The largest absolute Gasteiger partial charge is 0.478 e. The molecule has 0 spiro atoms. The summed E-state index contributed by atoms with van der Waals surface area (Å²) in [6, 6.07) is 7.50. The second kappa shape index (κ2) is 8.77. The van der Waals surface area contributed by atoms with Crippen molar-refractivity contribution in [2.24, 2.45) is 0 Å². The summed E-state index contributed by atoms with van der Waals surface area (Å²) in [5, 5.41) is 17.9. The maximum absolute atomic E-state index is 10.5. The van der Waals surface area contributed by atoms with Crippen molar-refractivity contribution in [3.63, 3.8) is 0 Å². The lowest BCUT2D eigenvalue weighted by atomic mass is 10.1. The van der Waals surface area contributed by atoms with Gasteiger partial charge in [-0.15, -0.1) is 0 Å². The van der Waals surface area contributed by atoms with Gasteiger partial charge in [-0.3, -0.25) is 0 Å². The van der Waals surface area contributed by atoms with Crippen LogP contribution in [-0.4, -0.2) is 37.4 Å². The molecule has 21 heavy (non-hydrogen) atoms. The number of nitrogens with zero attached hydrogens (tertiary/aromatic N) is 2. The Balaban J connectivity index is 2.96. The summed E-state index contributed by atoms with van der Waals surface area (Å²) in [5.41, 5.74) is 2.06. The second-order valence-electron chi connectivity index (χ2n) is 4.34. The molecule has 0 aliphatic carbocycles. The van der Waals surface area contributed by atoms with E-state index in [9.17, 15) is 10.1 Å². The number of anilines is 1. The third-order valence-corrected chi connectivity index (χ3v) is 2.99. The molecule has 0 amide bonds. The Morgan fingerprint density at radius 2 is 2.24 bits per heavy atom. The van der Waals surface area contributed by atoms with E-state index in [2.05, 4.69) is 11.0 Å². The number of carboxylic acid groups (broad SMARTS) is 1. The van der Waals surface area contributed by atoms with E-state index in [-0.39, 0.29) is 0 Å². The number of rotatable bonds is 8. The third-order valence-electron chi connectivity index (χ3n) is 2.99. The highest BCUT2D eigenvalue weighted by molar-refractivity contribution is 5.85. The Morgan fingerprint density at radius 3 is 2.81 bits per heavy atom. The second-order valence-corrected chi connectivity index (χ2v) is 4.34. The van der Waals surface area contributed by atoms with Crippen LogP contribution in [-0.2, 0) is 9.53 Å². The van der Waals surface area contributed by atoms with Crippen molar-refractivity contribution in [3.05, 3.63) is 35.4 Å². The van der Waals surface area contributed by atoms with Gasteiger partial charge in [-0.1, -0.05) is 6.07 Å². The van der Waals surface area contributed by atoms with Crippen LogP contribution < -0.4 is 4.90 Å². The molecule has 0 aliphatic rings. The monoisotopic (exact) mass is 288 g/mol. The molecule has 0 aromatic heterocycles. The van der Waals surface area contributed by atoms with Crippen molar-refractivity contribution >= 4 is 17.7 Å². The number of aliphatic carboxylic acids is 1. The minimum Gasteiger partial charge on any atom is -0.478 e. The Morgan fingerprint density at radius 1 is 1.48 bits per heavy atom. The summed E-state index contributed by atoms with van der Waals surface area (Å²) >= 11 is 0. The van der Waals surface area contributed by atoms with E-state index < -0.39 is 5.97 Å². The molecule has 0 fully saturated rings. The summed E-state index contributed by atoms with van der Waals surface area (Å²) in [4.78, 5) is 12.6. The molecule has 0 saturated carbocycles. The standard InChI is InChI=1S/C16H20N2O3/c1-3-18(9-10-21-4-2)15-7-5-13(6-8-16(19)20)11-14(15)12-17/h5-8,11H,3-4,9-10H2,1-2H3,(H,19,20)/b8-6+. The summed E-state index contributed by atoms with van der Waals surface area (Å²) < 4.78 is 5.35. The van der Waals surface area contributed by atoms with Gasteiger partial charge in [0.15, 0.2) is 0 Å². The molecule has 112 valence electrons. The fraction of sp³-hybridized carbons (Fsp3) is 0.375. The van der Waals surface area contributed by atoms with Crippen molar-refractivity contribution in [1.82, 2.24) is 0 Å². The number of hydrogen-bond acceptors (Lipinski definition) is 4. The lowest BCUT2D eigenvalue weighted by molar-refractivity contribution is -0.131. The van der Waals surface area contributed by atoms with Gasteiger partial charge in [-0.05, 0) is 37.6 Å². The molecule has 0 radical (unpaired) electrons. The average molecular weight is 288 g/mol. The van der Waals surface area contributed by atoms with Crippen LogP contribution in [0.3, 0.4) is 0 Å². The zero-order valence-electron chi connectivity index (χ0n) is 12.4. The third kappa shape index (κ3) is 5.28. The summed E-state index contributed by atoms with van der Waals surface area (Å²) in [6.07, 6.45) is 2.53. The summed E-state index contributed by atoms with van der Waals surface area (Å²) in [7, 11) is 0. The Labute approximate surface area is 125 Å². The van der Waals surface area contributed by atoms with E-state index in [1.807, 2.05) is 19.9 Å². The normalized spacial score (nSPS) is 10.5. The highest BCUT2D eigenvalue weighted by atomic mass is 16.5. The van der Waals surface area contributed by atoms with Gasteiger partial charge in [0.25, 0.3) is 0 Å². The lowest BCUT2D eigenvalue weighted by Gasteiger charge is -2.24. The van der Waals surface area contributed by atoms with Crippen LogP contribution in [0.25, 0.3) is 6.08 Å². The molecule has 1 rings (SSSR count). The van der Waals surface area contributed by atoms with Gasteiger partial charge in [0.05, 0.1) is 17.9 Å². The highest BCUT2D eigenvalue weighted by Crippen LogP contribution is 2.22. The van der Waals surface area contributed by atoms with E-state index in [1.54, 1.807) is 12.1 Å². The molecule has 5 heteroatoms. The van der Waals surface area contributed by atoms with E-state index >= 15 is 0 Å². The highest BCUT2D eigenvalue weighted by Gasteiger charge is 2.10. The molecule has 5 nitrogen and oxygen atoms in total. The predicted molar refractivity (Wildman–Crippen MR) is 82.2 cm³/mol. The van der Waals surface area contributed by atoms with Gasteiger partial charge in [0.2, 0.25) is 0 Å². The molecule has 1 N–H and O–H groups in total. The molecule has 1 aromatic rings. The smallest absolute Gasteiger partial charge is 0.328 e. The number of likely N-dealkylation sites (N-methyl/N-ethyl adjacent to an activating group) is 1. The van der Waals surface area contributed by atoms with Crippen LogP contribution >= 0.6 is 0 Å². The van der Waals surface area contributed by atoms with Gasteiger partial charge in [0, 0.05) is 25.8 Å². The zero-order valence-corrected chi connectivity index (χ0v) is 12.4. The summed E-state index contributed by atoms with van der Waals surface area (Å²) in [6.45, 7) is 6.72. The summed E-state index contributed by atoms with van der Waals surface area (Å²) in [5.74, 6) is -1.01. The molecule has 0 saturated heterocycles. The number of carbonyl (C=O) groups is 1. The van der Waals surface area contributed by atoms with Crippen LogP contribution in [0.1, 0.15) is 25.0 Å². The molecule has 0 atom stereocenters. The van der Waals surface area contributed by atoms with Crippen LogP contribution in [0.2, 0.25) is 0 Å². The molecule has 0 aliphatic heterocycles. The van der Waals surface area contributed by atoms with E-state index in [0.717, 1.165) is 18.3 Å². The number of ether oxygens (including phenoxy) is 1. The maximum atomic E-state index is 10.5. The Kier molecular flexibility index (Phi) is 6.99. The fourth-order valence-corrected chi connectivity index (χ4v) is 1.96. The first kappa shape index (κ1) is 16.7. The molecule has 1 aromatic carbocycles. The van der Waals surface area contributed by atoms with E-state index in [4.69, 9.17) is 9.84 Å². The molecule has 0 bridgehead atoms. The minimum atomic E-state index is -1.01. The van der Waals surface area contributed by atoms with Gasteiger partial charge >= 0.3 is 5.97 Å². The van der Waals surface area contributed by atoms with E-state index in [0.29, 0.717) is 30.9 Å². The molecule has 0 unspecified atom stereocenters. The van der Waals surface area contributed by atoms with E-state index in [1.165, 1.54) is 6.08 Å². The first-order chi connectivity index (χ1) is 10.1. The predicted octanol–water partition coefficient (Wildman–Crippen LogP) is 2.52. The Hall–Kier alpha value is -2.32. The number of hydrogen-bond donors (Lipinski definition) is 1. The first-order valence-electron chi connectivity index (χ1n) is 6.90. The molecule has 0 heterocycles. The number of nitriles is 1.